The summed E-state index contributed by atoms with van der Waals surface area (Å²) >= 11 is 3.44. The quantitative estimate of drug-likeness (QED) is 0.737. The third-order valence-electron chi connectivity index (χ3n) is 4.96. The Balaban J connectivity index is 1.49. The molecule has 1 aliphatic heterocycles. The van der Waals surface area contributed by atoms with Crippen molar-refractivity contribution < 1.29 is 14.5 Å². The molecule has 3 rings (SSSR count). The Morgan fingerprint density at radius 1 is 1.08 bits per heavy atom. The summed E-state index contributed by atoms with van der Waals surface area (Å²) in [4.78, 5) is 26.1. The third kappa shape index (κ3) is 4.80. The zero-order chi connectivity index (χ0) is 18.5. The Morgan fingerprint density at radius 2 is 1.73 bits per heavy atom. The van der Waals surface area contributed by atoms with Crippen molar-refractivity contribution in [2.24, 2.45) is 5.92 Å². The number of carbonyl (C=O) groups is 2. The second kappa shape index (κ2) is 8.60. The number of hydrogen-bond acceptors (Lipinski definition) is 2. The summed E-state index contributed by atoms with van der Waals surface area (Å²) in [6.07, 6.45) is 1.68. The highest BCUT2D eigenvalue weighted by Crippen LogP contribution is 2.21. The third-order valence-corrected chi connectivity index (χ3v) is 5.65. The van der Waals surface area contributed by atoms with Gasteiger partial charge in [0, 0.05) is 28.8 Å². The number of hydrogen-bond donors (Lipinski definition) is 2. The summed E-state index contributed by atoms with van der Waals surface area (Å²) in [6.45, 7) is 4.17. The molecule has 0 unspecified atom stereocenters. The fourth-order valence-electron chi connectivity index (χ4n) is 3.40. The molecule has 26 heavy (non-hydrogen) atoms. The Bertz CT molecular complexity index is 781. The number of para-hydroxylation sites is 1. The highest BCUT2D eigenvalue weighted by atomic mass is 79.9. The van der Waals surface area contributed by atoms with Crippen LogP contribution in [0, 0.1) is 12.8 Å². The van der Waals surface area contributed by atoms with E-state index in [1.54, 1.807) is 0 Å². The standard InChI is InChI=1S/C21H23BrN2O2/c1-15-6-8-16(9-7-15)21(26)17-10-12-24(13-11-17)14-20(25)23-19-5-3-2-4-18(19)22/h2-9,17H,10-14H2,1H3,(H,23,25)/p+1. The van der Waals surface area contributed by atoms with E-state index in [1.807, 2.05) is 55.5 Å². The van der Waals surface area contributed by atoms with Crippen LogP contribution in [0.1, 0.15) is 28.8 Å². The van der Waals surface area contributed by atoms with Gasteiger partial charge in [0.2, 0.25) is 0 Å². The Labute approximate surface area is 162 Å². The van der Waals surface area contributed by atoms with Gasteiger partial charge in [0.05, 0.1) is 18.8 Å². The molecule has 2 aromatic rings. The van der Waals surface area contributed by atoms with E-state index >= 15 is 0 Å². The van der Waals surface area contributed by atoms with Gasteiger partial charge in [-0.05, 0) is 35.0 Å². The minimum Gasteiger partial charge on any atom is -0.327 e. The maximum Gasteiger partial charge on any atom is 0.279 e. The first-order valence-electron chi connectivity index (χ1n) is 9.02. The fourth-order valence-corrected chi connectivity index (χ4v) is 3.79. The molecule has 0 atom stereocenters. The average Bonchev–Trinajstić information content (AvgIpc) is 2.64. The van der Waals surface area contributed by atoms with Gasteiger partial charge in [-0.15, -0.1) is 0 Å². The molecule has 136 valence electrons. The Kier molecular flexibility index (Phi) is 6.22. The van der Waals surface area contributed by atoms with E-state index < -0.39 is 0 Å². The van der Waals surface area contributed by atoms with E-state index in [9.17, 15) is 9.59 Å². The minimum absolute atomic E-state index is 0.00945. The summed E-state index contributed by atoms with van der Waals surface area (Å²) in [6, 6.07) is 15.4. The molecule has 1 heterocycles. The number of Topliss-reactive ketones (excluding diaryl/α,β-unsaturated/α-hetero) is 1. The monoisotopic (exact) mass is 415 g/mol. The van der Waals surface area contributed by atoms with Crippen molar-refractivity contribution in [2.45, 2.75) is 19.8 Å². The first kappa shape index (κ1) is 18.8. The molecule has 1 amide bonds. The second-order valence-electron chi connectivity index (χ2n) is 6.96. The normalized spacial score (nSPS) is 19.8. The number of rotatable bonds is 5. The first-order chi connectivity index (χ1) is 12.5. The number of benzene rings is 2. The van der Waals surface area contributed by atoms with Crippen molar-refractivity contribution in [3.63, 3.8) is 0 Å². The van der Waals surface area contributed by atoms with E-state index in [0.29, 0.717) is 6.54 Å². The number of ketones is 1. The van der Waals surface area contributed by atoms with Crippen LogP contribution in [-0.2, 0) is 4.79 Å². The number of likely N-dealkylation sites (tertiary alicyclic amines) is 1. The summed E-state index contributed by atoms with van der Waals surface area (Å²) in [7, 11) is 0. The number of carbonyl (C=O) groups excluding carboxylic acids is 2. The van der Waals surface area contributed by atoms with Crippen LogP contribution in [0.15, 0.2) is 53.0 Å². The molecule has 2 N–H and O–H groups in total. The molecule has 0 saturated carbocycles. The molecule has 0 spiro atoms. The summed E-state index contributed by atoms with van der Waals surface area (Å²) < 4.78 is 0.880. The lowest BCUT2D eigenvalue weighted by Crippen LogP contribution is -3.14. The van der Waals surface area contributed by atoms with Crippen molar-refractivity contribution in [3.05, 3.63) is 64.1 Å². The van der Waals surface area contributed by atoms with Crippen LogP contribution in [0.25, 0.3) is 0 Å². The summed E-state index contributed by atoms with van der Waals surface area (Å²) in [5, 5.41) is 2.95. The largest absolute Gasteiger partial charge is 0.327 e. The van der Waals surface area contributed by atoms with Crippen molar-refractivity contribution in [1.82, 2.24) is 0 Å². The van der Waals surface area contributed by atoms with E-state index in [2.05, 4.69) is 21.2 Å². The van der Waals surface area contributed by atoms with Gasteiger partial charge in [-0.1, -0.05) is 42.0 Å². The van der Waals surface area contributed by atoms with Gasteiger partial charge in [-0.25, -0.2) is 0 Å². The van der Waals surface area contributed by atoms with E-state index in [4.69, 9.17) is 0 Å². The van der Waals surface area contributed by atoms with Crippen LogP contribution in [0.2, 0.25) is 0 Å². The maximum atomic E-state index is 12.6. The van der Waals surface area contributed by atoms with Gasteiger partial charge in [0.15, 0.2) is 12.3 Å². The predicted molar refractivity (Wildman–Crippen MR) is 107 cm³/mol. The lowest BCUT2D eigenvalue weighted by atomic mass is 9.88. The lowest BCUT2D eigenvalue weighted by Gasteiger charge is -2.28. The zero-order valence-corrected chi connectivity index (χ0v) is 16.5. The fraction of sp³-hybridized carbons (Fsp3) is 0.333. The number of quaternary nitrogens is 1. The van der Waals surface area contributed by atoms with E-state index in [-0.39, 0.29) is 17.6 Å². The molecule has 4 nitrogen and oxygen atoms in total. The van der Waals surface area contributed by atoms with E-state index in [1.165, 1.54) is 4.90 Å². The number of halogens is 1. The molecular formula is C21H24BrN2O2+. The van der Waals surface area contributed by atoms with Crippen LogP contribution in [0.3, 0.4) is 0 Å². The van der Waals surface area contributed by atoms with Gasteiger partial charge in [0.25, 0.3) is 5.91 Å². The molecular weight excluding hydrogens is 392 g/mol. The number of anilines is 1. The van der Waals surface area contributed by atoms with Gasteiger partial charge in [0.1, 0.15) is 0 Å². The predicted octanol–water partition coefficient (Wildman–Crippen LogP) is 2.87. The van der Waals surface area contributed by atoms with Gasteiger partial charge < -0.3 is 10.2 Å². The lowest BCUT2D eigenvalue weighted by molar-refractivity contribution is -0.897. The zero-order valence-electron chi connectivity index (χ0n) is 14.9. The van der Waals surface area contributed by atoms with Crippen molar-refractivity contribution in [1.29, 1.82) is 0 Å². The van der Waals surface area contributed by atoms with Crippen LogP contribution in [-0.4, -0.2) is 31.3 Å². The number of piperidine rings is 1. The molecule has 1 saturated heterocycles. The molecule has 0 aliphatic carbocycles. The van der Waals surface area contributed by atoms with Crippen molar-refractivity contribution in [2.75, 3.05) is 25.0 Å². The first-order valence-corrected chi connectivity index (χ1v) is 9.81. The van der Waals surface area contributed by atoms with Crippen LogP contribution < -0.4 is 10.2 Å². The molecule has 0 radical (unpaired) electrons. The highest BCUT2D eigenvalue weighted by Gasteiger charge is 2.29. The molecule has 2 aromatic carbocycles. The van der Waals surface area contributed by atoms with Crippen molar-refractivity contribution in [3.8, 4) is 0 Å². The van der Waals surface area contributed by atoms with Gasteiger partial charge >= 0.3 is 0 Å². The maximum absolute atomic E-state index is 12.6. The second-order valence-corrected chi connectivity index (χ2v) is 7.81. The van der Waals surface area contributed by atoms with Gasteiger partial charge in [-0.2, -0.15) is 0 Å². The molecule has 5 heteroatoms. The average molecular weight is 416 g/mol. The van der Waals surface area contributed by atoms with Gasteiger partial charge in [-0.3, -0.25) is 9.59 Å². The number of aryl methyl sites for hydroxylation is 1. The topological polar surface area (TPSA) is 50.6 Å². The smallest absolute Gasteiger partial charge is 0.279 e. The minimum atomic E-state index is 0.00945. The highest BCUT2D eigenvalue weighted by molar-refractivity contribution is 9.10. The Morgan fingerprint density at radius 3 is 2.38 bits per heavy atom. The number of nitrogens with one attached hydrogen (secondary N) is 2. The van der Waals surface area contributed by atoms with Crippen LogP contribution in [0.5, 0.6) is 0 Å². The summed E-state index contributed by atoms with van der Waals surface area (Å²) in [5.74, 6) is 0.324. The van der Waals surface area contributed by atoms with E-state index in [0.717, 1.165) is 47.2 Å². The molecule has 1 aliphatic rings. The molecule has 0 aromatic heterocycles. The van der Waals surface area contributed by atoms with Crippen molar-refractivity contribution >= 4 is 33.3 Å². The summed E-state index contributed by atoms with van der Waals surface area (Å²) in [5.41, 5.74) is 2.76. The molecule has 1 fully saturated rings. The van der Waals surface area contributed by atoms with Crippen LogP contribution >= 0.6 is 15.9 Å². The number of amides is 1. The molecule has 0 bridgehead atoms. The Hall–Kier alpha value is -1.98. The van der Waals surface area contributed by atoms with Crippen LogP contribution in [0.4, 0.5) is 5.69 Å². The SMILES string of the molecule is Cc1ccc(C(=O)C2CC[NH+](CC(=O)Nc3ccccc3Br)CC2)cc1.